The molecule has 20 heavy (non-hydrogen) atoms. The van der Waals surface area contributed by atoms with Crippen LogP contribution in [0.15, 0.2) is 21.1 Å². The molecule has 0 spiro atoms. The van der Waals surface area contributed by atoms with E-state index in [2.05, 4.69) is 31.9 Å². The quantitative estimate of drug-likeness (QED) is 0.506. The Labute approximate surface area is 131 Å². The summed E-state index contributed by atoms with van der Waals surface area (Å²) in [6.07, 6.45) is 1.28. The smallest absolute Gasteiger partial charge is 0.172 e. The Morgan fingerprint density at radius 2 is 1.25 bits per heavy atom. The molecule has 0 bridgehead atoms. The minimum Gasteiger partial charge on any atom is -0.507 e. The number of fused-ring (bicyclic) bond motifs is 3. The van der Waals surface area contributed by atoms with Gasteiger partial charge in [-0.05, 0) is 68.0 Å². The summed E-state index contributed by atoms with van der Waals surface area (Å²) in [7, 11) is 0. The van der Waals surface area contributed by atoms with Gasteiger partial charge in [0.1, 0.15) is 16.0 Å². The zero-order valence-electron chi connectivity index (χ0n) is 10.1. The van der Waals surface area contributed by atoms with Crippen LogP contribution in [0, 0.1) is 0 Å². The molecule has 2 aromatic rings. The molecule has 1 aliphatic carbocycles. The van der Waals surface area contributed by atoms with Gasteiger partial charge in [0.05, 0.1) is 4.47 Å². The average molecular weight is 402 g/mol. The van der Waals surface area contributed by atoms with Gasteiger partial charge in [-0.2, -0.15) is 0 Å². The molecule has 0 fully saturated rings. The highest BCUT2D eigenvalue weighted by atomic mass is 79.9. The largest absolute Gasteiger partial charge is 0.507 e. The second-order valence-corrected chi connectivity index (χ2v) is 6.27. The number of hydrogen-bond donors (Lipinski definition) is 4. The van der Waals surface area contributed by atoms with Gasteiger partial charge >= 0.3 is 0 Å². The molecule has 0 aliphatic heterocycles. The van der Waals surface area contributed by atoms with E-state index < -0.39 is 0 Å². The van der Waals surface area contributed by atoms with Gasteiger partial charge in [-0.15, -0.1) is 0 Å². The van der Waals surface area contributed by atoms with E-state index >= 15 is 0 Å². The molecule has 0 amide bonds. The van der Waals surface area contributed by atoms with Gasteiger partial charge in [-0.25, -0.2) is 0 Å². The van der Waals surface area contributed by atoms with Crippen molar-refractivity contribution in [2.75, 3.05) is 0 Å². The predicted molar refractivity (Wildman–Crippen MR) is 81.3 cm³/mol. The Balaban J connectivity index is 2.41. The first-order valence-electron chi connectivity index (χ1n) is 5.88. The molecule has 0 unspecified atom stereocenters. The Morgan fingerprint density at radius 1 is 0.700 bits per heavy atom. The summed E-state index contributed by atoms with van der Waals surface area (Å²) in [6.45, 7) is 0. The van der Waals surface area contributed by atoms with Crippen LogP contribution in [-0.4, -0.2) is 20.4 Å². The first-order chi connectivity index (χ1) is 9.41. The van der Waals surface area contributed by atoms with Crippen LogP contribution in [0.25, 0.3) is 11.1 Å². The highest BCUT2D eigenvalue weighted by Gasteiger charge is 2.27. The maximum atomic E-state index is 10.3. The molecule has 4 nitrogen and oxygen atoms in total. The summed E-state index contributed by atoms with van der Waals surface area (Å²) >= 11 is 6.41. The molecule has 3 rings (SSSR count). The standard InChI is InChI=1S/C14H10Br2O4/c15-11-7(17)3-6-2-1-5-4-8(18)13(19)12(16)9(5)10(6)14(11)20/h3-4,17-20H,1-2H2. The summed E-state index contributed by atoms with van der Waals surface area (Å²) in [5.74, 6) is -0.563. The third-order valence-electron chi connectivity index (χ3n) is 3.52. The summed E-state index contributed by atoms with van der Waals surface area (Å²) in [6, 6.07) is 3.09. The van der Waals surface area contributed by atoms with Gasteiger partial charge in [0.25, 0.3) is 0 Å². The van der Waals surface area contributed by atoms with Crippen LogP contribution in [-0.2, 0) is 12.8 Å². The van der Waals surface area contributed by atoms with E-state index in [1.165, 1.54) is 6.07 Å². The van der Waals surface area contributed by atoms with E-state index in [1.54, 1.807) is 6.07 Å². The van der Waals surface area contributed by atoms with Gasteiger partial charge in [0.2, 0.25) is 0 Å². The highest BCUT2D eigenvalue weighted by Crippen LogP contribution is 2.52. The summed E-state index contributed by atoms with van der Waals surface area (Å²) in [5, 5.41) is 39.6. The van der Waals surface area contributed by atoms with Gasteiger partial charge in [0.15, 0.2) is 11.5 Å². The number of halogens is 2. The second kappa shape index (κ2) is 4.56. The van der Waals surface area contributed by atoms with Crippen molar-refractivity contribution in [1.29, 1.82) is 0 Å². The first kappa shape index (κ1) is 13.6. The molecule has 4 N–H and O–H groups in total. The molecule has 0 heterocycles. The minimum absolute atomic E-state index is 0.0242. The number of aryl methyl sites for hydroxylation is 2. The average Bonchev–Trinajstić information content (AvgIpc) is 2.42. The topological polar surface area (TPSA) is 80.9 Å². The van der Waals surface area contributed by atoms with E-state index in [1.807, 2.05) is 0 Å². The van der Waals surface area contributed by atoms with Crippen molar-refractivity contribution < 1.29 is 20.4 Å². The lowest BCUT2D eigenvalue weighted by Crippen LogP contribution is -2.05. The molecule has 6 heteroatoms. The molecular weight excluding hydrogens is 392 g/mol. The molecule has 2 aromatic carbocycles. The van der Waals surface area contributed by atoms with Gasteiger partial charge in [-0.3, -0.25) is 0 Å². The molecule has 0 saturated heterocycles. The molecule has 0 saturated carbocycles. The van der Waals surface area contributed by atoms with Gasteiger partial charge in [0, 0.05) is 11.1 Å². The molecule has 0 radical (unpaired) electrons. The van der Waals surface area contributed by atoms with Crippen molar-refractivity contribution in [3.63, 3.8) is 0 Å². The zero-order chi connectivity index (χ0) is 14.6. The number of rotatable bonds is 0. The maximum Gasteiger partial charge on any atom is 0.172 e. The van der Waals surface area contributed by atoms with E-state index in [4.69, 9.17) is 0 Å². The lowest BCUT2D eigenvalue weighted by atomic mass is 9.84. The van der Waals surface area contributed by atoms with Crippen LogP contribution in [0.1, 0.15) is 11.1 Å². The lowest BCUT2D eigenvalue weighted by molar-refractivity contribution is 0.401. The Bertz CT molecular complexity index is 677. The minimum atomic E-state index is -0.264. The molecule has 1 aliphatic rings. The fourth-order valence-electron chi connectivity index (χ4n) is 2.57. The Morgan fingerprint density at radius 3 is 1.90 bits per heavy atom. The fourth-order valence-corrected chi connectivity index (χ4v) is 3.54. The van der Waals surface area contributed by atoms with Crippen molar-refractivity contribution >= 4 is 31.9 Å². The van der Waals surface area contributed by atoms with Crippen LogP contribution < -0.4 is 0 Å². The summed E-state index contributed by atoms with van der Waals surface area (Å²) in [5.41, 5.74) is 2.81. The van der Waals surface area contributed by atoms with Gasteiger partial charge < -0.3 is 20.4 Å². The number of benzene rings is 2. The number of phenols is 4. The van der Waals surface area contributed by atoms with Crippen LogP contribution >= 0.6 is 31.9 Å². The monoisotopic (exact) mass is 400 g/mol. The van der Waals surface area contributed by atoms with Crippen LogP contribution in [0.4, 0.5) is 0 Å². The Hall–Kier alpha value is -1.40. The Kier molecular flexibility index (Phi) is 3.10. The number of phenolic OH excluding ortho intramolecular Hbond substituents is 4. The molecule has 0 aromatic heterocycles. The molecule has 0 atom stereocenters. The molecular formula is C14H10Br2O4. The third kappa shape index (κ3) is 1.78. The van der Waals surface area contributed by atoms with Crippen molar-refractivity contribution in [2.24, 2.45) is 0 Å². The van der Waals surface area contributed by atoms with Crippen molar-refractivity contribution in [2.45, 2.75) is 12.8 Å². The maximum absolute atomic E-state index is 10.3. The SMILES string of the molecule is Oc1cc2c(c(Br)c1O)-c1c(cc(O)c(Br)c1O)CC2. The van der Waals surface area contributed by atoms with E-state index in [9.17, 15) is 20.4 Å². The summed E-state index contributed by atoms with van der Waals surface area (Å²) < 4.78 is 0.546. The van der Waals surface area contributed by atoms with E-state index in [0.717, 1.165) is 11.1 Å². The molecule has 104 valence electrons. The number of hydrogen-bond acceptors (Lipinski definition) is 4. The van der Waals surface area contributed by atoms with Crippen LogP contribution in [0.2, 0.25) is 0 Å². The van der Waals surface area contributed by atoms with Gasteiger partial charge in [-0.1, -0.05) is 0 Å². The first-order valence-corrected chi connectivity index (χ1v) is 7.47. The lowest BCUT2D eigenvalue weighted by Gasteiger charge is -2.24. The van der Waals surface area contributed by atoms with Crippen LogP contribution in [0.3, 0.4) is 0 Å². The zero-order valence-corrected chi connectivity index (χ0v) is 13.3. The normalized spacial score (nSPS) is 12.9. The predicted octanol–water partition coefficient (Wildman–Crippen LogP) is 3.80. The number of aromatic hydroxyl groups is 4. The van der Waals surface area contributed by atoms with Crippen molar-refractivity contribution in [1.82, 2.24) is 0 Å². The van der Waals surface area contributed by atoms with Crippen LogP contribution in [0.5, 0.6) is 23.0 Å². The fraction of sp³-hybridized carbons (Fsp3) is 0.143. The highest BCUT2D eigenvalue weighted by molar-refractivity contribution is 9.11. The van der Waals surface area contributed by atoms with E-state index in [0.29, 0.717) is 28.4 Å². The van der Waals surface area contributed by atoms with E-state index in [-0.39, 0.29) is 27.5 Å². The third-order valence-corrected chi connectivity index (χ3v) is 5.07. The van der Waals surface area contributed by atoms with Crippen molar-refractivity contribution in [3.8, 4) is 34.1 Å². The van der Waals surface area contributed by atoms with Crippen molar-refractivity contribution in [3.05, 3.63) is 32.2 Å². The second-order valence-electron chi connectivity index (χ2n) is 4.68. The summed E-state index contributed by atoms with van der Waals surface area (Å²) in [4.78, 5) is 0.